The second-order valence-corrected chi connectivity index (χ2v) is 5.25. The van der Waals surface area contributed by atoms with Gasteiger partial charge in [0.15, 0.2) is 6.10 Å². The largest absolute Gasteiger partial charge is 0.480 e. The predicted molar refractivity (Wildman–Crippen MR) is 79.8 cm³/mol. The van der Waals surface area contributed by atoms with Crippen molar-refractivity contribution in [1.82, 2.24) is 15.5 Å². The molecule has 0 fully saturated rings. The van der Waals surface area contributed by atoms with Crippen LogP contribution in [0.4, 0.5) is 5.69 Å². The Morgan fingerprint density at radius 2 is 2.32 bits per heavy atom. The number of fused-ring (bicyclic) bond motifs is 1. The number of ether oxygens (including phenoxy) is 1. The molecule has 1 unspecified atom stereocenters. The van der Waals surface area contributed by atoms with Crippen molar-refractivity contribution in [3.63, 3.8) is 0 Å². The Morgan fingerprint density at radius 1 is 1.45 bits per heavy atom. The van der Waals surface area contributed by atoms with E-state index in [1.807, 2.05) is 0 Å². The number of aromatic nitrogens is 2. The number of H-pyrrole nitrogens is 1. The molecule has 2 heterocycles. The van der Waals surface area contributed by atoms with Crippen molar-refractivity contribution >= 4 is 29.1 Å². The average Bonchev–Trinajstić information content (AvgIpc) is 3.13. The minimum atomic E-state index is -0.643. The van der Waals surface area contributed by atoms with Gasteiger partial charge in [-0.3, -0.25) is 14.7 Å². The molecule has 114 valence electrons. The summed E-state index contributed by atoms with van der Waals surface area (Å²) >= 11 is 5.90. The van der Waals surface area contributed by atoms with E-state index >= 15 is 0 Å². The molecule has 1 aromatic carbocycles. The highest BCUT2D eigenvalue weighted by atomic mass is 35.5. The molecule has 1 aromatic heterocycles. The van der Waals surface area contributed by atoms with Gasteiger partial charge in [0, 0.05) is 17.6 Å². The van der Waals surface area contributed by atoms with Crippen LogP contribution in [-0.2, 0) is 16.0 Å². The van der Waals surface area contributed by atoms with Gasteiger partial charge < -0.3 is 15.4 Å². The van der Waals surface area contributed by atoms with E-state index in [0.717, 1.165) is 5.56 Å². The van der Waals surface area contributed by atoms with E-state index in [2.05, 4.69) is 20.8 Å². The molecule has 8 heteroatoms. The lowest BCUT2D eigenvalue weighted by atomic mass is 10.1. The van der Waals surface area contributed by atoms with E-state index in [9.17, 15) is 9.59 Å². The Morgan fingerprint density at radius 3 is 3.09 bits per heavy atom. The van der Waals surface area contributed by atoms with Gasteiger partial charge in [0.25, 0.3) is 5.91 Å². The number of nitrogens with zero attached hydrogens (tertiary/aromatic N) is 1. The molecule has 1 aliphatic rings. The van der Waals surface area contributed by atoms with E-state index in [1.165, 1.54) is 6.20 Å². The Hall–Kier alpha value is -2.54. The van der Waals surface area contributed by atoms with Crippen LogP contribution >= 0.6 is 11.6 Å². The Balaban J connectivity index is 1.50. The number of carbonyl (C=O) groups is 2. The highest BCUT2D eigenvalue weighted by Crippen LogP contribution is 2.31. The maximum Gasteiger partial charge on any atom is 0.261 e. The standard InChI is InChI=1S/C14H13ClN4O3/c15-9-1-2-11-8(3-9)4-12(22-11)14(21)16-7-13(20)19-10-5-17-18-6-10/h1-3,5-6,12H,4,7H2,(H,16,21)(H,17,18)(H,19,20). The van der Waals surface area contributed by atoms with Crippen LogP contribution in [0.3, 0.4) is 0 Å². The van der Waals surface area contributed by atoms with Crippen molar-refractivity contribution in [2.75, 3.05) is 11.9 Å². The molecule has 2 amide bonds. The summed E-state index contributed by atoms with van der Waals surface area (Å²) in [6.07, 6.45) is 2.81. The minimum Gasteiger partial charge on any atom is -0.480 e. The summed E-state index contributed by atoms with van der Waals surface area (Å²) in [5.74, 6) is -0.0321. The van der Waals surface area contributed by atoms with E-state index in [0.29, 0.717) is 22.9 Å². The fraction of sp³-hybridized carbons (Fsp3) is 0.214. The number of amides is 2. The van der Waals surface area contributed by atoms with Crippen molar-refractivity contribution in [3.05, 3.63) is 41.2 Å². The molecule has 3 N–H and O–H groups in total. The van der Waals surface area contributed by atoms with Gasteiger partial charge in [-0.05, 0) is 23.8 Å². The fourth-order valence-electron chi connectivity index (χ4n) is 2.17. The minimum absolute atomic E-state index is 0.138. The lowest BCUT2D eigenvalue weighted by Crippen LogP contribution is -2.41. The smallest absolute Gasteiger partial charge is 0.261 e. The summed E-state index contributed by atoms with van der Waals surface area (Å²) in [5, 5.41) is 12.0. The van der Waals surface area contributed by atoms with Crippen molar-refractivity contribution < 1.29 is 14.3 Å². The molecule has 2 aromatic rings. The zero-order chi connectivity index (χ0) is 15.5. The fourth-order valence-corrected chi connectivity index (χ4v) is 2.36. The van der Waals surface area contributed by atoms with Crippen LogP contribution in [0.2, 0.25) is 5.02 Å². The van der Waals surface area contributed by atoms with Crippen LogP contribution in [0, 0.1) is 0 Å². The highest BCUT2D eigenvalue weighted by molar-refractivity contribution is 6.30. The molecule has 0 saturated heterocycles. The molecule has 0 bridgehead atoms. The van der Waals surface area contributed by atoms with Crippen LogP contribution in [0.15, 0.2) is 30.6 Å². The number of carbonyl (C=O) groups excluding carboxylic acids is 2. The summed E-state index contributed by atoms with van der Waals surface area (Å²) in [7, 11) is 0. The van der Waals surface area contributed by atoms with Gasteiger partial charge in [-0.2, -0.15) is 5.10 Å². The van der Waals surface area contributed by atoms with Crippen LogP contribution in [0.25, 0.3) is 0 Å². The number of anilines is 1. The Kier molecular flexibility index (Phi) is 3.97. The zero-order valence-electron chi connectivity index (χ0n) is 11.4. The van der Waals surface area contributed by atoms with Gasteiger partial charge in [0.1, 0.15) is 5.75 Å². The number of halogens is 1. The summed E-state index contributed by atoms with van der Waals surface area (Å²) in [6.45, 7) is -0.138. The third-order valence-electron chi connectivity index (χ3n) is 3.19. The number of nitrogens with one attached hydrogen (secondary N) is 3. The Bertz CT molecular complexity index is 702. The molecule has 0 saturated carbocycles. The average molecular weight is 321 g/mol. The van der Waals surface area contributed by atoms with Gasteiger partial charge in [-0.25, -0.2) is 0 Å². The van der Waals surface area contributed by atoms with Crippen molar-refractivity contribution in [2.45, 2.75) is 12.5 Å². The monoisotopic (exact) mass is 320 g/mol. The molecule has 1 aliphatic heterocycles. The third-order valence-corrected chi connectivity index (χ3v) is 3.43. The second-order valence-electron chi connectivity index (χ2n) is 4.82. The summed E-state index contributed by atoms with van der Waals surface area (Å²) in [6, 6.07) is 5.21. The molecule has 22 heavy (non-hydrogen) atoms. The molecule has 1 atom stereocenters. The van der Waals surface area contributed by atoms with Gasteiger partial charge in [-0.1, -0.05) is 11.6 Å². The van der Waals surface area contributed by atoms with Crippen LogP contribution in [-0.4, -0.2) is 34.7 Å². The molecule has 0 aliphatic carbocycles. The van der Waals surface area contributed by atoms with Crippen molar-refractivity contribution in [2.24, 2.45) is 0 Å². The lowest BCUT2D eigenvalue weighted by molar-refractivity contribution is -0.129. The summed E-state index contributed by atoms with van der Waals surface area (Å²) < 4.78 is 5.54. The number of hydrogen-bond donors (Lipinski definition) is 3. The summed E-state index contributed by atoms with van der Waals surface area (Å²) in [4.78, 5) is 23.7. The van der Waals surface area contributed by atoms with Gasteiger partial charge in [0.05, 0.1) is 18.4 Å². The molecule has 3 rings (SSSR count). The first-order valence-corrected chi connectivity index (χ1v) is 7.01. The predicted octanol–water partition coefficient (Wildman–Crippen LogP) is 1.12. The number of aromatic amines is 1. The Labute approximate surface area is 131 Å². The van der Waals surface area contributed by atoms with E-state index < -0.39 is 6.10 Å². The normalized spacial score (nSPS) is 15.8. The van der Waals surface area contributed by atoms with Crippen molar-refractivity contribution in [3.8, 4) is 5.75 Å². The molecular formula is C14H13ClN4O3. The van der Waals surface area contributed by atoms with Crippen LogP contribution < -0.4 is 15.4 Å². The number of benzene rings is 1. The van der Waals surface area contributed by atoms with Gasteiger partial charge >= 0.3 is 0 Å². The second kappa shape index (κ2) is 6.07. The quantitative estimate of drug-likeness (QED) is 0.786. The summed E-state index contributed by atoms with van der Waals surface area (Å²) in [5.41, 5.74) is 1.42. The number of hydrogen-bond acceptors (Lipinski definition) is 4. The van der Waals surface area contributed by atoms with E-state index in [4.69, 9.17) is 16.3 Å². The molecule has 0 radical (unpaired) electrons. The van der Waals surface area contributed by atoms with Gasteiger partial charge in [-0.15, -0.1) is 0 Å². The first-order chi connectivity index (χ1) is 10.6. The highest BCUT2D eigenvalue weighted by Gasteiger charge is 2.29. The van der Waals surface area contributed by atoms with E-state index in [-0.39, 0.29) is 18.4 Å². The number of rotatable bonds is 4. The van der Waals surface area contributed by atoms with Gasteiger partial charge in [0.2, 0.25) is 5.91 Å². The molecular weight excluding hydrogens is 308 g/mol. The molecule has 0 spiro atoms. The third kappa shape index (κ3) is 3.20. The maximum atomic E-state index is 12.0. The van der Waals surface area contributed by atoms with Crippen LogP contribution in [0.5, 0.6) is 5.75 Å². The van der Waals surface area contributed by atoms with E-state index in [1.54, 1.807) is 24.4 Å². The lowest BCUT2D eigenvalue weighted by Gasteiger charge is -2.11. The zero-order valence-corrected chi connectivity index (χ0v) is 12.2. The first-order valence-electron chi connectivity index (χ1n) is 6.63. The maximum absolute atomic E-state index is 12.0. The first kappa shape index (κ1) is 14.4. The topological polar surface area (TPSA) is 96.1 Å². The molecule has 7 nitrogen and oxygen atoms in total. The van der Waals surface area contributed by atoms with Crippen LogP contribution in [0.1, 0.15) is 5.56 Å². The van der Waals surface area contributed by atoms with Crippen molar-refractivity contribution in [1.29, 1.82) is 0 Å². The SMILES string of the molecule is O=C(CNC(=O)C1Cc2cc(Cl)ccc2O1)Nc1cn[nH]c1.